The quantitative estimate of drug-likeness (QED) is 0.484. The van der Waals surface area contributed by atoms with E-state index in [-0.39, 0.29) is 11.0 Å². The van der Waals surface area contributed by atoms with Gasteiger partial charge in [-0.2, -0.15) is 0 Å². The molecule has 0 aromatic heterocycles. The van der Waals surface area contributed by atoms with E-state index in [0.717, 1.165) is 6.42 Å². The molecule has 0 aliphatic heterocycles. The molecule has 0 heterocycles. The van der Waals surface area contributed by atoms with Crippen LogP contribution in [0, 0.1) is 0 Å². The van der Waals surface area contributed by atoms with Gasteiger partial charge in [0.15, 0.2) is 8.32 Å². The van der Waals surface area contributed by atoms with E-state index in [9.17, 15) is 4.79 Å². The maximum atomic E-state index is 11.7. The Balaban J connectivity index is 2.37. The van der Waals surface area contributed by atoms with Crippen molar-refractivity contribution < 1.29 is 14.0 Å². The molecule has 1 aromatic carbocycles. The summed E-state index contributed by atoms with van der Waals surface area (Å²) in [4.78, 5) is 11.7. The van der Waals surface area contributed by atoms with Gasteiger partial charge in [0, 0.05) is 13.3 Å². The lowest BCUT2D eigenvalue weighted by Crippen LogP contribution is -2.47. The van der Waals surface area contributed by atoms with Gasteiger partial charge in [-0.15, -0.1) is 0 Å². The van der Waals surface area contributed by atoms with E-state index in [0.29, 0.717) is 0 Å². The van der Waals surface area contributed by atoms with Crippen LogP contribution in [-0.4, -0.2) is 33.6 Å². The Morgan fingerprint density at radius 3 is 2.15 bits per heavy atom. The minimum Gasteiger partial charge on any atom is -0.456 e. The van der Waals surface area contributed by atoms with Gasteiger partial charge in [-0.25, -0.2) is 0 Å². The highest BCUT2D eigenvalue weighted by atomic mass is 28.4. The van der Waals surface area contributed by atoms with Gasteiger partial charge >= 0.3 is 5.97 Å². The van der Waals surface area contributed by atoms with Crippen LogP contribution in [0.2, 0.25) is 31.2 Å². The monoisotopic (exact) mass is 404 g/mol. The summed E-state index contributed by atoms with van der Waals surface area (Å²) >= 11 is 0. The highest BCUT2D eigenvalue weighted by Gasteiger charge is 2.69. The van der Waals surface area contributed by atoms with Crippen LogP contribution in [0.15, 0.2) is 42.1 Å². The average molecular weight is 405 g/mol. The zero-order valence-corrected chi connectivity index (χ0v) is 20.5. The molecule has 1 fully saturated rings. The largest absolute Gasteiger partial charge is 0.456 e. The molecule has 150 valence electrons. The van der Waals surface area contributed by atoms with Crippen molar-refractivity contribution in [1.29, 1.82) is 0 Å². The first-order valence-corrected chi connectivity index (χ1v) is 15.8. The zero-order chi connectivity index (χ0) is 20.7. The van der Waals surface area contributed by atoms with Crippen molar-refractivity contribution in [3.8, 4) is 0 Å². The molecule has 27 heavy (non-hydrogen) atoms. The zero-order valence-electron chi connectivity index (χ0n) is 18.5. The van der Waals surface area contributed by atoms with Crippen molar-refractivity contribution in [1.82, 2.24) is 0 Å². The van der Waals surface area contributed by atoms with Crippen molar-refractivity contribution >= 4 is 27.5 Å². The maximum Gasteiger partial charge on any atom is 0.303 e. The third-order valence-corrected chi connectivity index (χ3v) is 13.6. The normalized spacial score (nSPS) is 26.3. The summed E-state index contributed by atoms with van der Waals surface area (Å²) in [6, 6.07) is 10.7. The number of hydrogen-bond donors (Lipinski definition) is 0. The number of hydrogen-bond acceptors (Lipinski definition) is 3. The summed E-state index contributed by atoms with van der Waals surface area (Å²) < 4.78 is 12.6. The number of esters is 1. The van der Waals surface area contributed by atoms with Crippen LogP contribution in [0.3, 0.4) is 0 Å². The van der Waals surface area contributed by atoms with Crippen molar-refractivity contribution in [3.05, 3.63) is 42.1 Å². The summed E-state index contributed by atoms with van der Waals surface area (Å²) in [5.74, 6) is -0.244. The number of rotatable bonds is 6. The first kappa shape index (κ1) is 22.1. The van der Waals surface area contributed by atoms with E-state index >= 15 is 0 Å². The minimum atomic E-state index is -2.02. The van der Waals surface area contributed by atoms with E-state index in [4.69, 9.17) is 9.16 Å². The fourth-order valence-electron chi connectivity index (χ4n) is 3.23. The summed E-state index contributed by atoms with van der Waals surface area (Å²) in [6.45, 7) is 19.4. The van der Waals surface area contributed by atoms with Gasteiger partial charge in [-0.05, 0) is 25.1 Å². The van der Waals surface area contributed by atoms with E-state index in [1.165, 1.54) is 12.1 Å². The third-order valence-electron chi connectivity index (χ3n) is 6.27. The molecule has 0 amide bonds. The summed E-state index contributed by atoms with van der Waals surface area (Å²) in [5, 5.41) is 1.48. The minimum absolute atomic E-state index is 0.0972. The fourth-order valence-corrected chi connectivity index (χ4v) is 6.73. The summed E-state index contributed by atoms with van der Waals surface area (Å²) in [6.07, 6.45) is 2.94. The molecule has 2 atom stereocenters. The molecule has 3 nitrogen and oxygen atoms in total. The molecule has 1 aromatic rings. The Hall–Kier alpha value is -1.18. The lowest BCUT2D eigenvalue weighted by molar-refractivity contribution is -0.150. The van der Waals surface area contributed by atoms with Crippen LogP contribution in [0.4, 0.5) is 0 Å². The van der Waals surface area contributed by atoms with E-state index in [1.807, 2.05) is 6.92 Å². The summed E-state index contributed by atoms with van der Waals surface area (Å²) in [7, 11) is -3.78. The number of ether oxygens (including phenoxy) is 1. The number of benzene rings is 1. The Kier molecular flexibility index (Phi) is 5.74. The molecule has 0 N–H and O–H groups in total. The molecule has 0 saturated heterocycles. The smallest absolute Gasteiger partial charge is 0.303 e. The predicted octanol–water partition coefficient (Wildman–Crippen LogP) is 5.18. The van der Waals surface area contributed by atoms with Gasteiger partial charge in [0.05, 0.1) is 0 Å². The standard InChI is InChI=1S/C22H36O3Si2/c1-18(23)24-21(5)17-22(21,25-27(8,9)20(2,3)4)15-16-26(6,7)19-13-11-10-12-14-19/h10-16H,17H2,1-9H3/b16-15-/t21?,22-/m1/s1. The molecule has 5 heteroatoms. The molecule has 0 bridgehead atoms. The molecule has 1 aliphatic rings. The second kappa shape index (κ2) is 7.01. The van der Waals surface area contributed by atoms with Gasteiger partial charge in [-0.1, -0.05) is 81.2 Å². The summed E-state index contributed by atoms with van der Waals surface area (Å²) in [5.41, 5.74) is 1.26. The SMILES string of the molecule is CC(=O)OC1(C)C[C@@]1(/C=C\[Si](C)(C)c1ccccc1)O[Si](C)(C)C(C)(C)C. The Bertz CT molecular complexity index is 719. The van der Waals surface area contributed by atoms with Gasteiger partial charge in [0.2, 0.25) is 0 Å². The topological polar surface area (TPSA) is 35.5 Å². The van der Waals surface area contributed by atoms with E-state index in [1.54, 1.807) is 0 Å². The van der Waals surface area contributed by atoms with Crippen LogP contribution >= 0.6 is 0 Å². The highest BCUT2D eigenvalue weighted by Crippen LogP contribution is 2.58. The number of carbonyl (C=O) groups excluding carboxylic acids is 1. The third kappa shape index (κ3) is 4.63. The first-order chi connectivity index (χ1) is 12.1. The van der Waals surface area contributed by atoms with Crippen LogP contribution in [-0.2, 0) is 14.0 Å². The van der Waals surface area contributed by atoms with Gasteiger partial charge in [0.25, 0.3) is 0 Å². The van der Waals surface area contributed by atoms with Crippen LogP contribution in [0.25, 0.3) is 0 Å². The number of carbonyl (C=O) groups is 1. The lowest BCUT2D eigenvalue weighted by Gasteiger charge is -2.40. The molecule has 0 radical (unpaired) electrons. The predicted molar refractivity (Wildman–Crippen MR) is 118 cm³/mol. The average Bonchev–Trinajstić information content (AvgIpc) is 3.06. The fraction of sp³-hybridized carbons (Fsp3) is 0.591. The van der Waals surface area contributed by atoms with Crippen LogP contribution in [0.5, 0.6) is 0 Å². The molecule has 1 saturated carbocycles. The molecule has 1 unspecified atom stereocenters. The first-order valence-electron chi connectivity index (χ1n) is 9.80. The van der Waals surface area contributed by atoms with Gasteiger partial charge < -0.3 is 9.16 Å². The van der Waals surface area contributed by atoms with Crippen molar-refractivity contribution in [2.75, 3.05) is 0 Å². The Labute approximate surface area is 167 Å². The lowest BCUT2D eigenvalue weighted by atomic mass is 10.2. The van der Waals surface area contributed by atoms with Crippen molar-refractivity contribution in [2.24, 2.45) is 0 Å². The molecular formula is C22H36O3Si2. The van der Waals surface area contributed by atoms with Gasteiger partial charge in [0.1, 0.15) is 19.3 Å². The molecule has 0 spiro atoms. The highest BCUT2D eigenvalue weighted by molar-refractivity contribution is 6.94. The Morgan fingerprint density at radius 2 is 1.67 bits per heavy atom. The van der Waals surface area contributed by atoms with Gasteiger partial charge in [-0.3, -0.25) is 4.79 Å². The van der Waals surface area contributed by atoms with Crippen molar-refractivity contribution in [2.45, 2.75) is 83.5 Å². The second-order valence-corrected chi connectivity index (χ2v) is 19.3. The molecule has 2 rings (SSSR count). The maximum absolute atomic E-state index is 11.7. The van der Waals surface area contributed by atoms with Crippen LogP contribution < -0.4 is 5.19 Å². The molecular weight excluding hydrogens is 368 g/mol. The van der Waals surface area contributed by atoms with E-state index < -0.39 is 27.6 Å². The Morgan fingerprint density at radius 1 is 1.11 bits per heavy atom. The van der Waals surface area contributed by atoms with Crippen molar-refractivity contribution in [3.63, 3.8) is 0 Å². The molecule has 1 aliphatic carbocycles. The van der Waals surface area contributed by atoms with Crippen LogP contribution in [0.1, 0.15) is 41.0 Å². The van der Waals surface area contributed by atoms with E-state index in [2.05, 4.69) is 89.1 Å². The second-order valence-electron chi connectivity index (χ2n) is 10.2.